The zero-order valence-electron chi connectivity index (χ0n) is 8.57. The van der Waals surface area contributed by atoms with Crippen LogP contribution in [-0.2, 0) is 0 Å². The molecule has 0 saturated heterocycles. The van der Waals surface area contributed by atoms with Gasteiger partial charge in [-0.2, -0.15) is 0 Å². The smallest absolute Gasteiger partial charge is 0.379 e. The maximum atomic E-state index is 11.6. The molecule has 1 heterocycles. The first-order valence-corrected chi connectivity index (χ1v) is 5.49. The Balaban J connectivity index is 2.17. The van der Waals surface area contributed by atoms with Crippen molar-refractivity contribution in [2.45, 2.75) is 6.92 Å². The largest absolute Gasteiger partial charge is 0.442 e. The minimum Gasteiger partial charge on any atom is -0.442 e. The number of carbonyl (C=O) groups is 1. The van der Waals surface area contributed by atoms with Gasteiger partial charge in [0, 0.05) is 0 Å². The van der Waals surface area contributed by atoms with Crippen molar-refractivity contribution in [3.63, 3.8) is 0 Å². The summed E-state index contributed by atoms with van der Waals surface area (Å²) < 4.78 is 10.8. The van der Waals surface area contributed by atoms with Crippen molar-refractivity contribution in [2.75, 3.05) is 0 Å². The second-order valence-electron chi connectivity index (χ2n) is 3.26. The molecule has 0 radical (unpaired) electrons. The molecule has 4 heteroatoms. The third-order valence-electron chi connectivity index (χ3n) is 2.07. The topological polar surface area (TPSA) is 39.4 Å². The van der Waals surface area contributed by atoms with Crippen LogP contribution in [0, 0.1) is 6.92 Å². The molecule has 0 saturated carbocycles. The summed E-state index contributed by atoms with van der Waals surface area (Å²) in [4.78, 5) is 11.6. The Bertz CT molecular complexity index is 516. The van der Waals surface area contributed by atoms with Crippen LogP contribution in [-0.4, -0.2) is 5.97 Å². The van der Waals surface area contributed by atoms with Gasteiger partial charge >= 0.3 is 5.97 Å². The molecule has 3 nitrogen and oxygen atoms in total. The summed E-state index contributed by atoms with van der Waals surface area (Å²) in [7, 11) is 0. The van der Waals surface area contributed by atoms with Gasteiger partial charge < -0.3 is 9.15 Å². The van der Waals surface area contributed by atoms with E-state index < -0.39 is 5.97 Å². The molecule has 1 aromatic heterocycles. The molecule has 0 bridgehead atoms. The molecule has 16 heavy (non-hydrogen) atoms. The van der Waals surface area contributed by atoms with Crippen molar-refractivity contribution < 1.29 is 13.9 Å². The number of ether oxygens (including phenoxy) is 1. The van der Waals surface area contributed by atoms with E-state index in [1.807, 2.05) is 25.1 Å². The summed E-state index contributed by atoms with van der Waals surface area (Å²) in [6, 6.07) is 10.5. The van der Waals surface area contributed by atoms with Crippen molar-refractivity contribution in [1.82, 2.24) is 0 Å². The summed E-state index contributed by atoms with van der Waals surface area (Å²) in [5.41, 5.74) is 0.904. The lowest BCUT2D eigenvalue weighted by Crippen LogP contribution is -2.07. The first-order chi connectivity index (χ1) is 7.66. The Hall–Kier alpha value is -1.55. The first kappa shape index (κ1) is 11.0. The van der Waals surface area contributed by atoms with Crippen molar-refractivity contribution >= 4 is 21.9 Å². The van der Waals surface area contributed by atoms with E-state index in [0.29, 0.717) is 10.4 Å². The number of carbonyl (C=O) groups excluding carboxylic acids is 1. The molecule has 0 unspecified atom stereocenters. The quantitative estimate of drug-likeness (QED) is 0.624. The lowest BCUT2D eigenvalue weighted by Gasteiger charge is -2.04. The maximum absolute atomic E-state index is 11.6. The van der Waals surface area contributed by atoms with Gasteiger partial charge in [-0.25, -0.2) is 4.79 Å². The first-order valence-electron chi connectivity index (χ1n) is 4.70. The monoisotopic (exact) mass is 280 g/mol. The van der Waals surface area contributed by atoms with Gasteiger partial charge in [0.25, 0.3) is 0 Å². The molecular formula is C12H9BrO3. The molecule has 82 valence electrons. The minimum atomic E-state index is -0.500. The van der Waals surface area contributed by atoms with Gasteiger partial charge in [0.15, 0.2) is 4.67 Å². The third kappa shape index (κ3) is 2.33. The van der Waals surface area contributed by atoms with Gasteiger partial charge in [-0.05, 0) is 46.6 Å². The Kier molecular flexibility index (Phi) is 3.10. The van der Waals surface area contributed by atoms with E-state index in [2.05, 4.69) is 15.9 Å². The number of hydrogen-bond donors (Lipinski definition) is 0. The van der Waals surface area contributed by atoms with Gasteiger partial charge in [-0.3, -0.25) is 0 Å². The van der Waals surface area contributed by atoms with E-state index in [-0.39, 0.29) is 5.76 Å². The number of para-hydroxylation sites is 1. The molecule has 2 rings (SSSR count). The highest BCUT2D eigenvalue weighted by molar-refractivity contribution is 9.10. The molecule has 0 amide bonds. The van der Waals surface area contributed by atoms with Gasteiger partial charge in [0.2, 0.25) is 5.76 Å². The second-order valence-corrected chi connectivity index (χ2v) is 4.04. The van der Waals surface area contributed by atoms with Crippen LogP contribution in [0.15, 0.2) is 45.5 Å². The van der Waals surface area contributed by atoms with E-state index in [4.69, 9.17) is 9.15 Å². The standard InChI is InChI=1S/C12H9BrO3/c1-8-4-2-3-5-9(8)16-12(14)10-6-7-11(13)15-10/h2-7H,1H3. The molecule has 0 N–H and O–H groups in total. The Labute approximate surface area is 101 Å². The molecule has 0 aliphatic heterocycles. The van der Waals surface area contributed by atoms with Crippen LogP contribution < -0.4 is 4.74 Å². The van der Waals surface area contributed by atoms with Gasteiger partial charge in [0.05, 0.1) is 0 Å². The van der Waals surface area contributed by atoms with Crippen LogP contribution in [0.4, 0.5) is 0 Å². The van der Waals surface area contributed by atoms with Gasteiger partial charge in [0.1, 0.15) is 5.75 Å². The molecule has 1 aromatic carbocycles. The molecule has 0 aliphatic carbocycles. The van der Waals surface area contributed by atoms with Gasteiger partial charge in [-0.15, -0.1) is 0 Å². The maximum Gasteiger partial charge on any atom is 0.379 e. The minimum absolute atomic E-state index is 0.176. The molecule has 0 fully saturated rings. The second kappa shape index (κ2) is 4.53. The third-order valence-corrected chi connectivity index (χ3v) is 2.50. The van der Waals surface area contributed by atoms with Crippen molar-refractivity contribution in [3.05, 3.63) is 52.4 Å². The van der Waals surface area contributed by atoms with E-state index in [0.717, 1.165) is 5.56 Å². The van der Waals surface area contributed by atoms with E-state index >= 15 is 0 Å². The zero-order chi connectivity index (χ0) is 11.5. The highest BCUT2D eigenvalue weighted by Crippen LogP contribution is 2.20. The lowest BCUT2D eigenvalue weighted by molar-refractivity contribution is 0.0698. The number of rotatable bonds is 2. The van der Waals surface area contributed by atoms with Crippen LogP contribution in [0.25, 0.3) is 0 Å². The Morgan fingerprint density at radius 1 is 1.25 bits per heavy atom. The summed E-state index contributed by atoms with van der Waals surface area (Å²) in [5.74, 6) is 0.218. The van der Waals surface area contributed by atoms with Crippen LogP contribution >= 0.6 is 15.9 Å². The lowest BCUT2D eigenvalue weighted by atomic mass is 10.2. The van der Waals surface area contributed by atoms with Crippen LogP contribution in [0.1, 0.15) is 16.1 Å². The highest BCUT2D eigenvalue weighted by atomic mass is 79.9. The molecular weight excluding hydrogens is 272 g/mol. The van der Waals surface area contributed by atoms with Crippen LogP contribution in [0.5, 0.6) is 5.75 Å². The fourth-order valence-corrected chi connectivity index (χ4v) is 1.55. The normalized spacial score (nSPS) is 10.1. The fourth-order valence-electron chi connectivity index (χ4n) is 1.25. The van der Waals surface area contributed by atoms with Gasteiger partial charge in [-0.1, -0.05) is 18.2 Å². The van der Waals surface area contributed by atoms with Crippen molar-refractivity contribution in [3.8, 4) is 5.75 Å². The highest BCUT2D eigenvalue weighted by Gasteiger charge is 2.13. The zero-order valence-corrected chi connectivity index (χ0v) is 10.2. The average Bonchev–Trinajstić information content (AvgIpc) is 2.68. The Morgan fingerprint density at radius 2 is 2.00 bits per heavy atom. The van der Waals surface area contributed by atoms with E-state index in [9.17, 15) is 4.79 Å². The van der Waals surface area contributed by atoms with E-state index in [1.54, 1.807) is 18.2 Å². The van der Waals surface area contributed by atoms with Crippen LogP contribution in [0.2, 0.25) is 0 Å². The number of aryl methyl sites for hydroxylation is 1. The summed E-state index contributed by atoms with van der Waals surface area (Å²) in [6.45, 7) is 1.88. The van der Waals surface area contributed by atoms with E-state index in [1.165, 1.54) is 0 Å². The number of halogens is 1. The predicted molar refractivity (Wildman–Crippen MR) is 62.5 cm³/mol. The number of hydrogen-bond acceptors (Lipinski definition) is 3. The SMILES string of the molecule is Cc1ccccc1OC(=O)c1ccc(Br)o1. The van der Waals surface area contributed by atoms with Crippen molar-refractivity contribution in [1.29, 1.82) is 0 Å². The number of esters is 1. The fraction of sp³-hybridized carbons (Fsp3) is 0.0833. The average molecular weight is 281 g/mol. The molecule has 2 aromatic rings. The summed E-state index contributed by atoms with van der Waals surface area (Å²) in [6.07, 6.45) is 0. The molecule has 0 atom stereocenters. The molecule has 0 aliphatic rings. The molecule has 0 spiro atoms. The number of furan rings is 1. The van der Waals surface area contributed by atoms with Crippen molar-refractivity contribution in [2.24, 2.45) is 0 Å². The Morgan fingerprint density at radius 3 is 2.62 bits per heavy atom. The summed E-state index contributed by atoms with van der Waals surface area (Å²) >= 11 is 3.13. The number of benzene rings is 1. The summed E-state index contributed by atoms with van der Waals surface area (Å²) in [5, 5.41) is 0. The predicted octanol–water partition coefficient (Wildman–Crippen LogP) is 3.57. The van der Waals surface area contributed by atoms with Crippen LogP contribution in [0.3, 0.4) is 0 Å².